The quantitative estimate of drug-likeness (QED) is 0.817. The van der Waals surface area contributed by atoms with Crippen LogP contribution in [0.25, 0.3) is 0 Å². The number of hydrogen-bond donors (Lipinski definition) is 2. The molecule has 2 rings (SSSR count). The molecule has 2 N–H and O–H groups in total. The predicted octanol–water partition coefficient (Wildman–Crippen LogP) is 2.37. The first-order valence-electron chi connectivity index (χ1n) is 7.87. The number of methoxy groups -OCH3 is 2. The van der Waals surface area contributed by atoms with Gasteiger partial charge in [0, 0.05) is 6.54 Å². The summed E-state index contributed by atoms with van der Waals surface area (Å²) in [6.07, 6.45) is 4.14. The fraction of sp³-hybridized carbons (Fsp3) is 0.529. The van der Waals surface area contributed by atoms with E-state index in [0.29, 0.717) is 19.4 Å². The SMILES string of the molecule is COC(=O)C1(NC(=O)NCc2ccc(OC)cc2)CCCCC1. The third-order valence-corrected chi connectivity index (χ3v) is 4.25. The average molecular weight is 320 g/mol. The van der Waals surface area contributed by atoms with E-state index in [1.54, 1.807) is 7.11 Å². The highest BCUT2D eigenvalue weighted by Gasteiger charge is 2.41. The topological polar surface area (TPSA) is 76.7 Å². The van der Waals surface area contributed by atoms with Gasteiger partial charge in [0.15, 0.2) is 0 Å². The van der Waals surface area contributed by atoms with E-state index in [1.165, 1.54) is 7.11 Å². The first-order valence-corrected chi connectivity index (χ1v) is 7.87. The van der Waals surface area contributed by atoms with Crippen LogP contribution < -0.4 is 15.4 Å². The normalized spacial score (nSPS) is 16.3. The summed E-state index contributed by atoms with van der Waals surface area (Å²) in [6.45, 7) is 0.382. The third-order valence-electron chi connectivity index (χ3n) is 4.25. The second-order valence-corrected chi connectivity index (χ2v) is 5.79. The lowest BCUT2D eigenvalue weighted by Crippen LogP contribution is -2.58. The van der Waals surface area contributed by atoms with E-state index in [0.717, 1.165) is 30.6 Å². The van der Waals surface area contributed by atoms with Crippen LogP contribution in [0.15, 0.2) is 24.3 Å². The highest BCUT2D eigenvalue weighted by molar-refractivity contribution is 5.87. The Balaban J connectivity index is 1.92. The molecule has 2 amide bonds. The van der Waals surface area contributed by atoms with Crippen LogP contribution in [-0.2, 0) is 16.1 Å². The summed E-state index contributed by atoms with van der Waals surface area (Å²) in [6, 6.07) is 7.09. The van der Waals surface area contributed by atoms with Crippen LogP contribution in [0, 0.1) is 0 Å². The molecule has 0 spiro atoms. The van der Waals surface area contributed by atoms with Gasteiger partial charge in [0.25, 0.3) is 0 Å². The lowest BCUT2D eigenvalue weighted by molar-refractivity contribution is -0.149. The Bertz CT molecular complexity index is 536. The molecular formula is C17H24N2O4. The van der Waals surface area contributed by atoms with Crippen molar-refractivity contribution in [3.05, 3.63) is 29.8 Å². The van der Waals surface area contributed by atoms with E-state index in [-0.39, 0.29) is 12.0 Å². The lowest BCUT2D eigenvalue weighted by Gasteiger charge is -2.35. The Kier molecular flexibility index (Phi) is 5.84. The maximum absolute atomic E-state index is 12.2. The molecule has 0 saturated heterocycles. The Hall–Kier alpha value is -2.24. The predicted molar refractivity (Wildman–Crippen MR) is 86.2 cm³/mol. The van der Waals surface area contributed by atoms with E-state index in [4.69, 9.17) is 9.47 Å². The van der Waals surface area contributed by atoms with Crippen molar-refractivity contribution >= 4 is 12.0 Å². The van der Waals surface area contributed by atoms with Crippen molar-refractivity contribution in [3.63, 3.8) is 0 Å². The summed E-state index contributed by atoms with van der Waals surface area (Å²) >= 11 is 0. The minimum absolute atomic E-state index is 0.354. The molecule has 0 atom stereocenters. The molecule has 1 aliphatic carbocycles. The van der Waals surface area contributed by atoms with Gasteiger partial charge in [-0.15, -0.1) is 0 Å². The summed E-state index contributed by atoms with van der Waals surface area (Å²) in [4.78, 5) is 24.3. The van der Waals surface area contributed by atoms with Gasteiger partial charge in [0.1, 0.15) is 11.3 Å². The van der Waals surface area contributed by atoms with Crippen LogP contribution in [0.1, 0.15) is 37.7 Å². The first kappa shape index (κ1) is 17.1. The molecule has 0 aliphatic heterocycles. The molecule has 6 nitrogen and oxygen atoms in total. The highest BCUT2D eigenvalue weighted by atomic mass is 16.5. The van der Waals surface area contributed by atoms with Gasteiger partial charge in [-0.1, -0.05) is 31.4 Å². The summed E-state index contributed by atoms with van der Waals surface area (Å²) < 4.78 is 9.98. The van der Waals surface area contributed by atoms with Crippen LogP contribution in [0.4, 0.5) is 4.79 Å². The van der Waals surface area contributed by atoms with Gasteiger partial charge in [0.05, 0.1) is 14.2 Å². The number of carbonyl (C=O) groups is 2. The van der Waals surface area contributed by atoms with Crippen molar-refractivity contribution in [2.24, 2.45) is 0 Å². The van der Waals surface area contributed by atoms with E-state index in [1.807, 2.05) is 24.3 Å². The van der Waals surface area contributed by atoms with Crippen LogP contribution >= 0.6 is 0 Å². The Labute approximate surface area is 136 Å². The fourth-order valence-corrected chi connectivity index (χ4v) is 2.92. The van der Waals surface area contributed by atoms with Crippen molar-refractivity contribution in [2.45, 2.75) is 44.2 Å². The molecule has 0 unspecified atom stereocenters. The minimum atomic E-state index is -0.892. The molecule has 1 aliphatic rings. The number of nitrogens with one attached hydrogen (secondary N) is 2. The summed E-state index contributed by atoms with van der Waals surface area (Å²) in [5, 5.41) is 5.62. The smallest absolute Gasteiger partial charge is 0.331 e. The molecule has 23 heavy (non-hydrogen) atoms. The zero-order valence-electron chi connectivity index (χ0n) is 13.7. The molecule has 1 fully saturated rings. The second-order valence-electron chi connectivity index (χ2n) is 5.79. The number of rotatable bonds is 5. The highest BCUT2D eigenvalue weighted by Crippen LogP contribution is 2.29. The van der Waals surface area contributed by atoms with E-state index in [9.17, 15) is 9.59 Å². The molecule has 0 bridgehead atoms. The van der Waals surface area contributed by atoms with Crippen molar-refractivity contribution < 1.29 is 19.1 Å². The van der Waals surface area contributed by atoms with Crippen molar-refractivity contribution in [3.8, 4) is 5.75 Å². The largest absolute Gasteiger partial charge is 0.497 e. The number of benzene rings is 1. The first-order chi connectivity index (χ1) is 11.1. The van der Waals surface area contributed by atoms with Crippen molar-refractivity contribution in [2.75, 3.05) is 14.2 Å². The third kappa shape index (κ3) is 4.37. The number of urea groups is 1. The number of hydrogen-bond acceptors (Lipinski definition) is 4. The van der Waals surface area contributed by atoms with Gasteiger partial charge in [-0.05, 0) is 30.5 Å². The van der Waals surface area contributed by atoms with Gasteiger partial charge in [-0.2, -0.15) is 0 Å². The number of carbonyl (C=O) groups excluding carboxylic acids is 2. The van der Waals surface area contributed by atoms with Gasteiger partial charge in [0.2, 0.25) is 0 Å². The molecule has 0 aromatic heterocycles. The minimum Gasteiger partial charge on any atom is -0.497 e. The van der Waals surface area contributed by atoms with Crippen molar-refractivity contribution in [1.82, 2.24) is 10.6 Å². The lowest BCUT2D eigenvalue weighted by atomic mass is 9.82. The molecule has 0 radical (unpaired) electrons. The summed E-state index contributed by atoms with van der Waals surface area (Å²) in [5.41, 5.74) is 0.0634. The summed E-state index contributed by atoms with van der Waals surface area (Å²) in [5.74, 6) is 0.404. The molecule has 1 saturated carbocycles. The molecule has 6 heteroatoms. The molecule has 0 heterocycles. The maximum atomic E-state index is 12.2. The summed E-state index contributed by atoms with van der Waals surface area (Å²) in [7, 11) is 2.97. The molecule has 126 valence electrons. The Morgan fingerprint density at radius 3 is 2.30 bits per heavy atom. The van der Waals surface area contributed by atoms with Crippen LogP contribution in [0.3, 0.4) is 0 Å². The van der Waals surface area contributed by atoms with E-state index in [2.05, 4.69) is 10.6 Å². The zero-order valence-corrected chi connectivity index (χ0v) is 13.7. The zero-order chi connectivity index (χ0) is 16.7. The standard InChI is InChI=1S/C17H24N2O4/c1-22-14-8-6-13(7-9-14)12-18-16(21)19-17(15(20)23-2)10-4-3-5-11-17/h6-9H,3-5,10-12H2,1-2H3,(H2,18,19,21). The fourth-order valence-electron chi connectivity index (χ4n) is 2.92. The molecular weight excluding hydrogens is 296 g/mol. The van der Waals surface area contributed by atoms with Gasteiger partial charge in [-0.25, -0.2) is 9.59 Å². The maximum Gasteiger partial charge on any atom is 0.331 e. The average Bonchev–Trinajstić information content (AvgIpc) is 2.60. The van der Waals surface area contributed by atoms with Crippen LogP contribution in [0.5, 0.6) is 5.75 Å². The van der Waals surface area contributed by atoms with E-state index < -0.39 is 5.54 Å². The van der Waals surface area contributed by atoms with Gasteiger partial charge in [-0.3, -0.25) is 0 Å². The second kappa shape index (κ2) is 7.85. The monoisotopic (exact) mass is 320 g/mol. The number of ether oxygens (including phenoxy) is 2. The van der Waals surface area contributed by atoms with Crippen molar-refractivity contribution in [1.29, 1.82) is 0 Å². The Morgan fingerprint density at radius 1 is 1.09 bits per heavy atom. The number of esters is 1. The van der Waals surface area contributed by atoms with Crippen LogP contribution in [0.2, 0.25) is 0 Å². The van der Waals surface area contributed by atoms with Gasteiger partial charge < -0.3 is 20.1 Å². The molecule has 1 aromatic carbocycles. The van der Waals surface area contributed by atoms with Gasteiger partial charge >= 0.3 is 12.0 Å². The molecule has 1 aromatic rings. The number of amides is 2. The van der Waals surface area contributed by atoms with E-state index >= 15 is 0 Å². The Morgan fingerprint density at radius 2 is 1.74 bits per heavy atom. The van der Waals surface area contributed by atoms with Crippen LogP contribution in [-0.4, -0.2) is 31.8 Å².